The molecule has 5 aliphatic carbocycles. The predicted molar refractivity (Wildman–Crippen MR) is 105 cm³/mol. The minimum absolute atomic E-state index is 0.0330. The van der Waals surface area contributed by atoms with Gasteiger partial charge < -0.3 is 9.88 Å². The van der Waals surface area contributed by atoms with Gasteiger partial charge in [-0.3, -0.25) is 9.59 Å². The number of imidazole rings is 1. The van der Waals surface area contributed by atoms with Gasteiger partial charge in [-0.1, -0.05) is 6.92 Å². The van der Waals surface area contributed by atoms with E-state index in [1.807, 2.05) is 11.5 Å². The summed E-state index contributed by atoms with van der Waals surface area (Å²) < 4.78 is 29.1. The number of nitrogens with zero attached hydrogens (tertiary/aromatic N) is 2. The van der Waals surface area contributed by atoms with Crippen LogP contribution in [0.5, 0.6) is 0 Å². The number of carbonyl (C=O) groups excluding carboxylic acids is 2. The van der Waals surface area contributed by atoms with E-state index in [2.05, 4.69) is 10.3 Å². The number of Topliss-reactive ketones (excluding diaryl/α,β-unsaturated/α-hetero) is 1. The minimum atomic E-state index is -0.875. The van der Waals surface area contributed by atoms with Crippen molar-refractivity contribution in [1.29, 1.82) is 0 Å². The maximum Gasteiger partial charge on any atom is 0.223 e. The van der Waals surface area contributed by atoms with Crippen molar-refractivity contribution in [3.63, 3.8) is 0 Å². The van der Waals surface area contributed by atoms with Crippen molar-refractivity contribution in [2.24, 2.45) is 29.1 Å². The minimum Gasteiger partial charge on any atom is -0.350 e. The van der Waals surface area contributed by atoms with Crippen LogP contribution in [-0.4, -0.2) is 26.8 Å². The molecule has 2 aromatic rings. The second-order valence-electron chi connectivity index (χ2n) is 10.4. The Hall–Kier alpha value is -2.31. The third kappa shape index (κ3) is 2.35. The van der Waals surface area contributed by atoms with Crippen molar-refractivity contribution < 1.29 is 18.4 Å². The number of nitrogens with one attached hydrogen (secondary N) is 1. The van der Waals surface area contributed by atoms with Crippen LogP contribution in [0.3, 0.4) is 0 Å². The molecule has 30 heavy (non-hydrogen) atoms. The summed E-state index contributed by atoms with van der Waals surface area (Å²) in [5.41, 5.74) is 0.834. The van der Waals surface area contributed by atoms with Crippen LogP contribution in [0.1, 0.15) is 52.0 Å². The summed E-state index contributed by atoms with van der Waals surface area (Å²) in [6, 6.07) is 2.59. The quantitative estimate of drug-likeness (QED) is 0.812. The average molecular weight is 413 g/mol. The van der Waals surface area contributed by atoms with Crippen molar-refractivity contribution in [2.75, 3.05) is 0 Å². The van der Waals surface area contributed by atoms with Crippen molar-refractivity contribution in [3.05, 3.63) is 30.1 Å². The summed E-state index contributed by atoms with van der Waals surface area (Å²) in [5.74, 6) is -0.00747. The summed E-state index contributed by atoms with van der Waals surface area (Å²) >= 11 is 0. The van der Waals surface area contributed by atoms with Crippen LogP contribution in [0, 0.1) is 40.7 Å². The fraction of sp³-hybridized carbons (Fsp3) is 0.609. The number of fused-ring (bicyclic) bond motifs is 2. The van der Waals surface area contributed by atoms with Crippen molar-refractivity contribution >= 4 is 22.7 Å². The van der Waals surface area contributed by atoms with Crippen LogP contribution >= 0.6 is 0 Å². The highest BCUT2D eigenvalue weighted by atomic mass is 19.2. The molecule has 1 aromatic carbocycles. The van der Waals surface area contributed by atoms with Crippen LogP contribution in [-0.2, 0) is 9.59 Å². The molecule has 158 valence electrons. The number of rotatable bonds is 5. The number of halogens is 2. The van der Waals surface area contributed by atoms with Crippen LogP contribution in [0.25, 0.3) is 11.0 Å². The van der Waals surface area contributed by atoms with Crippen LogP contribution in [0.15, 0.2) is 18.5 Å². The lowest BCUT2D eigenvalue weighted by atomic mass is 9.38. The van der Waals surface area contributed by atoms with Gasteiger partial charge >= 0.3 is 0 Å². The molecule has 1 heterocycles. The first-order valence-electron chi connectivity index (χ1n) is 10.9. The number of carbonyl (C=O) groups is 2. The molecule has 1 aromatic heterocycles. The van der Waals surface area contributed by atoms with E-state index in [9.17, 15) is 18.4 Å². The standard InChI is InChI=1S/C23H25F2N3O2/c1-11(21(30)27-23-7-22(8-23,9-23)12(2)29)20-14-3-13(4-15(14)20)28-10-26-18-5-16(24)17(25)6-19(18)28/h5-6,10-11,13-15,20H,3-4,7-9H2,1-2H3,(H,27,30)/t11?,13-,14+,15-,20-,22?,23?. The number of benzene rings is 1. The molecular formula is C23H25F2N3O2. The third-order valence-electron chi connectivity index (χ3n) is 8.65. The molecule has 0 saturated heterocycles. The van der Waals surface area contributed by atoms with Gasteiger partial charge in [-0.05, 0) is 56.8 Å². The largest absolute Gasteiger partial charge is 0.350 e. The van der Waals surface area contributed by atoms with Gasteiger partial charge in [0.2, 0.25) is 5.91 Å². The Bertz CT molecular complexity index is 1080. The Labute approximate surface area is 173 Å². The molecular weight excluding hydrogens is 388 g/mol. The van der Waals surface area contributed by atoms with Crippen molar-refractivity contribution in [1.82, 2.24) is 14.9 Å². The monoisotopic (exact) mass is 413 g/mol. The summed E-state index contributed by atoms with van der Waals surface area (Å²) in [6.45, 7) is 3.67. The molecule has 5 nitrogen and oxygen atoms in total. The molecule has 1 N–H and O–H groups in total. The van der Waals surface area contributed by atoms with Gasteiger partial charge in [0.25, 0.3) is 0 Å². The zero-order valence-electron chi connectivity index (χ0n) is 17.1. The summed E-state index contributed by atoms with van der Waals surface area (Å²) in [5, 5.41) is 3.24. The molecule has 5 saturated carbocycles. The molecule has 7 rings (SSSR count). The highest BCUT2D eigenvalue weighted by molar-refractivity contribution is 5.89. The number of hydrogen-bond donors (Lipinski definition) is 1. The van der Waals surface area contributed by atoms with Crippen molar-refractivity contribution in [2.45, 2.75) is 57.5 Å². The summed E-state index contributed by atoms with van der Waals surface area (Å²) in [4.78, 5) is 28.7. The zero-order chi connectivity index (χ0) is 21.0. The molecule has 2 bridgehead atoms. The Kier molecular flexibility index (Phi) is 3.49. The molecule has 1 unspecified atom stereocenters. The Morgan fingerprint density at radius 2 is 1.80 bits per heavy atom. The second-order valence-corrected chi connectivity index (χ2v) is 10.4. The highest BCUT2D eigenvalue weighted by Gasteiger charge is 2.71. The lowest BCUT2D eigenvalue weighted by Crippen LogP contribution is -2.77. The predicted octanol–water partition coefficient (Wildman–Crippen LogP) is 3.78. The van der Waals surface area contributed by atoms with Gasteiger partial charge in [-0.2, -0.15) is 0 Å². The van der Waals surface area contributed by atoms with Crippen molar-refractivity contribution in [3.8, 4) is 0 Å². The SMILES string of the molecule is CC(=O)C12CC(NC(=O)C(C)[C@H]3[C@@H]4C[C@H](n5cnc6cc(F)c(F)cc65)C[C@@H]43)(C1)C2. The Balaban J connectivity index is 1.09. The Morgan fingerprint density at radius 1 is 1.17 bits per heavy atom. The normalized spacial score (nSPS) is 39.1. The van der Waals surface area contributed by atoms with Gasteiger partial charge in [0.05, 0.1) is 17.4 Å². The number of hydrogen-bond acceptors (Lipinski definition) is 3. The number of amides is 1. The zero-order valence-corrected chi connectivity index (χ0v) is 17.1. The molecule has 5 atom stereocenters. The van der Waals surface area contributed by atoms with E-state index in [-0.39, 0.29) is 34.6 Å². The maximum absolute atomic E-state index is 13.7. The topological polar surface area (TPSA) is 64.0 Å². The first-order valence-corrected chi connectivity index (χ1v) is 10.9. The van der Waals surface area contributed by atoms with Gasteiger partial charge in [0.15, 0.2) is 11.6 Å². The van der Waals surface area contributed by atoms with Gasteiger partial charge in [-0.25, -0.2) is 13.8 Å². The molecule has 5 fully saturated rings. The molecule has 7 heteroatoms. The van der Waals surface area contributed by atoms with E-state index in [4.69, 9.17) is 0 Å². The van der Waals surface area contributed by atoms with Gasteiger partial charge in [0, 0.05) is 35.0 Å². The molecule has 1 amide bonds. The van der Waals surface area contributed by atoms with Gasteiger partial charge in [-0.15, -0.1) is 0 Å². The fourth-order valence-electron chi connectivity index (χ4n) is 6.99. The summed E-state index contributed by atoms with van der Waals surface area (Å²) in [7, 11) is 0. The van der Waals surface area contributed by atoms with E-state index in [1.165, 1.54) is 6.07 Å². The van der Waals surface area contributed by atoms with E-state index < -0.39 is 11.6 Å². The fourth-order valence-corrected chi connectivity index (χ4v) is 6.99. The molecule has 5 aliphatic rings. The molecule has 0 radical (unpaired) electrons. The van der Waals surface area contributed by atoms with E-state index >= 15 is 0 Å². The van der Waals surface area contributed by atoms with E-state index in [0.717, 1.165) is 38.2 Å². The maximum atomic E-state index is 13.7. The van der Waals surface area contributed by atoms with E-state index in [1.54, 1.807) is 13.3 Å². The van der Waals surface area contributed by atoms with Crippen LogP contribution < -0.4 is 5.32 Å². The van der Waals surface area contributed by atoms with E-state index in [0.29, 0.717) is 28.8 Å². The van der Waals surface area contributed by atoms with Crippen LogP contribution in [0.4, 0.5) is 8.78 Å². The first-order chi connectivity index (χ1) is 14.2. The smallest absolute Gasteiger partial charge is 0.223 e. The molecule has 0 aliphatic heterocycles. The van der Waals surface area contributed by atoms with Crippen LogP contribution in [0.2, 0.25) is 0 Å². The third-order valence-corrected chi connectivity index (χ3v) is 8.65. The second kappa shape index (κ2) is 5.68. The van der Waals surface area contributed by atoms with Gasteiger partial charge in [0.1, 0.15) is 5.78 Å². The summed E-state index contributed by atoms with van der Waals surface area (Å²) in [6.07, 6.45) is 5.97. The average Bonchev–Trinajstić information content (AvgIpc) is 2.96. The Morgan fingerprint density at radius 3 is 2.43 bits per heavy atom. The first kappa shape index (κ1) is 18.5. The lowest BCUT2D eigenvalue weighted by Gasteiger charge is -2.69. The number of aromatic nitrogens is 2. The highest BCUT2D eigenvalue weighted by Crippen LogP contribution is 2.68. The lowest BCUT2D eigenvalue weighted by molar-refractivity contribution is -0.180. The molecule has 0 spiro atoms. The number of ketones is 1.